The van der Waals surface area contributed by atoms with Crippen molar-refractivity contribution in [3.05, 3.63) is 39.4 Å². The van der Waals surface area contributed by atoms with Crippen molar-refractivity contribution in [2.45, 2.75) is 13.5 Å². The first-order chi connectivity index (χ1) is 10.0. The third-order valence-corrected chi connectivity index (χ3v) is 3.61. The van der Waals surface area contributed by atoms with E-state index in [1.807, 2.05) is 6.07 Å². The molecule has 112 valence electrons. The van der Waals surface area contributed by atoms with E-state index < -0.39 is 0 Å². The van der Waals surface area contributed by atoms with Crippen molar-refractivity contribution < 1.29 is 9.90 Å². The lowest BCUT2D eigenvalue weighted by molar-refractivity contribution is -0.125. The van der Waals surface area contributed by atoms with Gasteiger partial charge >= 0.3 is 0 Å². The summed E-state index contributed by atoms with van der Waals surface area (Å²) in [4.78, 5) is 28.4. The smallest absolute Gasteiger partial charge is 0.261 e. The average Bonchev–Trinajstić information content (AvgIpc) is 2.48. The predicted molar refractivity (Wildman–Crippen MR) is 83.0 cm³/mol. The first-order valence-electron chi connectivity index (χ1n) is 6.56. The standard InChI is InChI=1S/C14H16BrN3O3/c1-9(13(20)16-4-5-19)7-18-8-17-12-3-2-10(15)6-11(12)14(18)21/h2-3,6,8-9,19H,4-5,7H2,1H3,(H,16,20). The minimum absolute atomic E-state index is 0.107. The van der Waals surface area contributed by atoms with E-state index in [9.17, 15) is 9.59 Å². The number of benzene rings is 1. The number of nitrogens with zero attached hydrogens (tertiary/aromatic N) is 2. The van der Waals surface area contributed by atoms with Crippen LogP contribution in [0, 0.1) is 5.92 Å². The SMILES string of the molecule is CC(Cn1cnc2ccc(Br)cc2c1=O)C(=O)NCCO. The van der Waals surface area contributed by atoms with Gasteiger partial charge in [0.2, 0.25) is 5.91 Å². The Hall–Kier alpha value is -1.73. The molecule has 0 spiro atoms. The molecule has 0 aliphatic rings. The van der Waals surface area contributed by atoms with Crippen molar-refractivity contribution in [1.82, 2.24) is 14.9 Å². The number of hydrogen-bond donors (Lipinski definition) is 2. The highest BCUT2D eigenvalue weighted by molar-refractivity contribution is 9.10. The van der Waals surface area contributed by atoms with Gasteiger partial charge in [-0.3, -0.25) is 14.2 Å². The second-order valence-corrected chi connectivity index (χ2v) is 5.69. The molecule has 2 rings (SSSR count). The zero-order valence-electron chi connectivity index (χ0n) is 11.5. The summed E-state index contributed by atoms with van der Waals surface area (Å²) in [6.07, 6.45) is 1.45. The molecule has 2 N–H and O–H groups in total. The number of carbonyl (C=O) groups is 1. The maximum absolute atomic E-state index is 12.4. The van der Waals surface area contributed by atoms with Gasteiger partial charge in [-0.25, -0.2) is 4.98 Å². The molecule has 0 aliphatic heterocycles. The Balaban J connectivity index is 2.25. The summed E-state index contributed by atoms with van der Waals surface area (Å²) in [7, 11) is 0. The molecule has 1 aromatic carbocycles. The van der Waals surface area contributed by atoms with E-state index in [0.717, 1.165) is 4.47 Å². The van der Waals surface area contributed by atoms with Crippen LogP contribution in [0.15, 0.2) is 33.8 Å². The second-order valence-electron chi connectivity index (χ2n) is 4.78. The summed E-state index contributed by atoms with van der Waals surface area (Å²) in [5.74, 6) is -0.592. The topological polar surface area (TPSA) is 84.2 Å². The van der Waals surface area contributed by atoms with E-state index in [2.05, 4.69) is 26.2 Å². The number of rotatable bonds is 5. The van der Waals surface area contributed by atoms with Gasteiger partial charge in [0.1, 0.15) is 0 Å². The van der Waals surface area contributed by atoms with Gasteiger partial charge in [-0.05, 0) is 18.2 Å². The Kier molecular flexibility index (Phi) is 5.08. The summed E-state index contributed by atoms with van der Waals surface area (Å²) in [6.45, 7) is 2.07. The van der Waals surface area contributed by atoms with E-state index in [4.69, 9.17) is 5.11 Å². The third-order valence-electron chi connectivity index (χ3n) is 3.12. The Morgan fingerprint density at radius 3 is 3.00 bits per heavy atom. The number of aliphatic hydroxyl groups excluding tert-OH is 1. The van der Waals surface area contributed by atoms with E-state index in [0.29, 0.717) is 10.9 Å². The van der Waals surface area contributed by atoms with Crippen LogP contribution < -0.4 is 10.9 Å². The molecule has 0 radical (unpaired) electrons. The zero-order valence-corrected chi connectivity index (χ0v) is 13.1. The van der Waals surface area contributed by atoms with Crippen LogP contribution in [-0.2, 0) is 11.3 Å². The monoisotopic (exact) mass is 353 g/mol. The van der Waals surface area contributed by atoms with Crippen molar-refractivity contribution in [3.63, 3.8) is 0 Å². The van der Waals surface area contributed by atoms with E-state index in [-0.39, 0.29) is 37.1 Å². The number of amides is 1. The molecule has 6 nitrogen and oxygen atoms in total. The Morgan fingerprint density at radius 1 is 1.52 bits per heavy atom. The lowest BCUT2D eigenvalue weighted by Gasteiger charge is -2.13. The molecule has 1 unspecified atom stereocenters. The van der Waals surface area contributed by atoms with Crippen LogP contribution in [0.2, 0.25) is 0 Å². The fourth-order valence-corrected chi connectivity index (χ4v) is 2.35. The van der Waals surface area contributed by atoms with Crippen molar-refractivity contribution >= 4 is 32.7 Å². The zero-order chi connectivity index (χ0) is 15.4. The molecule has 0 bridgehead atoms. The van der Waals surface area contributed by atoms with Gasteiger partial charge in [0.25, 0.3) is 5.56 Å². The summed E-state index contributed by atoms with van der Waals surface area (Å²) < 4.78 is 2.23. The molecule has 2 aromatic rings. The molecule has 0 fully saturated rings. The maximum atomic E-state index is 12.4. The van der Waals surface area contributed by atoms with Crippen molar-refractivity contribution in [3.8, 4) is 0 Å². The fraction of sp³-hybridized carbons (Fsp3) is 0.357. The van der Waals surface area contributed by atoms with Crippen LogP contribution in [0.3, 0.4) is 0 Å². The van der Waals surface area contributed by atoms with Gasteiger partial charge in [0, 0.05) is 17.6 Å². The van der Waals surface area contributed by atoms with Crippen molar-refractivity contribution in [2.75, 3.05) is 13.2 Å². The molecule has 1 aromatic heterocycles. The second kappa shape index (κ2) is 6.82. The Morgan fingerprint density at radius 2 is 2.29 bits per heavy atom. The molecule has 1 atom stereocenters. The molecule has 0 saturated carbocycles. The number of halogens is 1. The van der Waals surface area contributed by atoms with Gasteiger partial charge < -0.3 is 10.4 Å². The summed E-state index contributed by atoms with van der Waals surface area (Å²) in [5.41, 5.74) is 0.444. The van der Waals surface area contributed by atoms with Gasteiger partial charge in [-0.1, -0.05) is 22.9 Å². The highest BCUT2D eigenvalue weighted by Gasteiger charge is 2.14. The first-order valence-corrected chi connectivity index (χ1v) is 7.35. The summed E-state index contributed by atoms with van der Waals surface area (Å²) >= 11 is 3.33. The number of aliphatic hydroxyl groups is 1. The predicted octanol–water partition coefficient (Wildman–Crippen LogP) is 0.904. The number of carbonyl (C=O) groups excluding carboxylic acids is 1. The van der Waals surface area contributed by atoms with Gasteiger partial charge in [0.15, 0.2) is 0 Å². The largest absolute Gasteiger partial charge is 0.395 e. The summed E-state index contributed by atoms with van der Waals surface area (Å²) in [5, 5.41) is 11.8. The van der Waals surface area contributed by atoms with Crippen molar-refractivity contribution in [2.24, 2.45) is 5.92 Å². The maximum Gasteiger partial charge on any atom is 0.261 e. The lowest BCUT2D eigenvalue weighted by Crippen LogP contribution is -2.35. The number of aromatic nitrogens is 2. The third kappa shape index (κ3) is 3.68. The molecule has 1 amide bonds. The molecule has 0 aliphatic carbocycles. The van der Waals surface area contributed by atoms with Crippen LogP contribution in [0.1, 0.15) is 6.92 Å². The van der Waals surface area contributed by atoms with Crippen LogP contribution >= 0.6 is 15.9 Å². The molecular formula is C14H16BrN3O3. The Bertz CT molecular complexity index is 714. The van der Waals surface area contributed by atoms with E-state index >= 15 is 0 Å². The normalized spacial score (nSPS) is 12.3. The molecule has 1 heterocycles. The molecule has 0 saturated heterocycles. The van der Waals surface area contributed by atoms with Crippen LogP contribution in [0.5, 0.6) is 0 Å². The van der Waals surface area contributed by atoms with Gasteiger partial charge in [0.05, 0.1) is 29.8 Å². The van der Waals surface area contributed by atoms with E-state index in [1.54, 1.807) is 19.1 Å². The van der Waals surface area contributed by atoms with Gasteiger partial charge in [-0.15, -0.1) is 0 Å². The summed E-state index contributed by atoms with van der Waals surface area (Å²) in [6, 6.07) is 5.31. The molecular weight excluding hydrogens is 338 g/mol. The van der Waals surface area contributed by atoms with E-state index in [1.165, 1.54) is 10.9 Å². The van der Waals surface area contributed by atoms with Crippen LogP contribution in [0.25, 0.3) is 10.9 Å². The van der Waals surface area contributed by atoms with Gasteiger partial charge in [-0.2, -0.15) is 0 Å². The molecule has 21 heavy (non-hydrogen) atoms. The highest BCUT2D eigenvalue weighted by Crippen LogP contribution is 2.15. The fourth-order valence-electron chi connectivity index (χ4n) is 1.99. The quantitative estimate of drug-likeness (QED) is 0.836. The van der Waals surface area contributed by atoms with Crippen molar-refractivity contribution in [1.29, 1.82) is 0 Å². The number of nitrogens with one attached hydrogen (secondary N) is 1. The van der Waals surface area contributed by atoms with Crippen LogP contribution in [-0.4, -0.2) is 33.7 Å². The number of fused-ring (bicyclic) bond motifs is 1. The Labute approximate surface area is 129 Å². The first kappa shape index (κ1) is 15.7. The molecule has 7 heteroatoms. The minimum Gasteiger partial charge on any atom is -0.395 e. The van der Waals surface area contributed by atoms with Crippen LogP contribution in [0.4, 0.5) is 0 Å². The average molecular weight is 354 g/mol. The highest BCUT2D eigenvalue weighted by atomic mass is 79.9. The lowest BCUT2D eigenvalue weighted by atomic mass is 10.1. The minimum atomic E-state index is -0.388. The number of hydrogen-bond acceptors (Lipinski definition) is 4.